The van der Waals surface area contributed by atoms with Gasteiger partial charge in [0.25, 0.3) is 5.91 Å². The summed E-state index contributed by atoms with van der Waals surface area (Å²) >= 11 is 0. The number of carbonyl (C=O) groups excluding carboxylic acids is 1. The minimum Gasteiger partial charge on any atom is -0.306 e. The highest BCUT2D eigenvalue weighted by molar-refractivity contribution is 6.03. The zero-order chi connectivity index (χ0) is 18.0. The van der Waals surface area contributed by atoms with Gasteiger partial charge in [-0.1, -0.05) is 6.07 Å². The second kappa shape index (κ2) is 6.34. The first kappa shape index (κ1) is 16.6. The molecule has 0 aliphatic carbocycles. The van der Waals surface area contributed by atoms with Gasteiger partial charge in [0, 0.05) is 24.0 Å². The summed E-state index contributed by atoms with van der Waals surface area (Å²) in [5.74, 6) is 0.636. The Morgan fingerprint density at radius 2 is 1.96 bits per heavy atom. The molecule has 1 N–H and O–H groups in total. The molecular weight excluding hydrogens is 335 g/mol. The second-order valence-electron chi connectivity index (χ2n) is 5.14. The highest BCUT2D eigenvalue weighted by atomic mass is 19.4. The summed E-state index contributed by atoms with van der Waals surface area (Å²) in [7, 11) is 0. The lowest BCUT2D eigenvalue weighted by molar-refractivity contribution is -0.137. The number of aromatic nitrogens is 4. The van der Waals surface area contributed by atoms with Gasteiger partial charge in [-0.05, 0) is 25.1 Å². The van der Waals surface area contributed by atoms with Gasteiger partial charge >= 0.3 is 6.18 Å². The first-order valence-corrected chi connectivity index (χ1v) is 7.15. The first-order valence-electron chi connectivity index (χ1n) is 7.15. The number of imidazole rings is 1. The van der Waals surface area contributed by atoms with Crippen molar-refractivity contribution < 1.29 is 18.0 Å². The minimum absolute atomic E-state index is 0.117. The quantitative estimate of drug-likeness (QED) is 0.789. The predicted molar refractivity (Wildman–Crippen MR) is 83.3 cm³/mol. The van der Waals surface area contributed by atoms with Gasteiger partial charge in [-0.15, -0.1) is 0 Å². The van der Waals surface area contributed by atoms with Gasteiger partial charge in [-0.25, -0.2) is 15.0 Å². The van der Waals surface area contributed by atoms with Gasteiger partial charge < -0.3 is 5.32 Å². The van der Waals surface area contributed by atoms with E-state index in [0.717, 1.165) is 12.1 Å². The molecule has 25 heavy (non-hydrogen) atoms. The van der Waals surface area contributed by atoms with Gasteiger partial charge in [0.15, 0.2) is 0 Å². The molecule has 0 radical (unpaired) electrons. The number of hydrogen-bond acceptors (Lipinski definition) is 4. The molecule has 9 heteroatoms. The van der Waals surface area contributed by atoms with E-state index < -0.39 is 17.6 Å². The fourth-order valence-corrected chi connectivity index (χ4v) is 2.19. The lowest BCUT2D eigenvalue weighted by Crippen LogP contribution is -2.15. The lowest BCUT2D eigenvalue weighted by Gasteiger charge is -2.10. The van der Waals surface area contributed by atoms with Crippen molar-refractivity contribution in [3.05, 3.63) is 66.0 Å². The van der Waals surface area contributed by atoms with Crippen molar-refractivity contribution in [2.45, 2.75) is 13.1 Å². The van der Waals surface area contributed by atoms with Crippen LogP contribution in [0.15, 0.2) is 49.1 Å². The Balaban J connectivity index is 1.83. The van der Waals surface area contributed by atoms with E-state index >= 15 is 0 Å². The Kier molecular flexibility index (Phi) is 4.22. The molecule has 3 aromatic rings. The Morgan fingerprint density at radius 3 is 2.64 bits per heavy atom. The van der Waals surface area contributed by atoms with Gasteiger partial charge in [0.05, 0.1) is 5.56 Å². The Labute approximate surface area is 140 Å². The normalized spacial score (nSPS) is 11.4. The molecule has 0 atom stereocenters. The fraction of sp³-hybridized carbons (Fsp3) is 0.125. The third-order valence-corrected chi connectivity index (χ3v) is 3.42. The van der Waals surface area contributed by atoms with Crippen LogP contribution in [0.2, 0.25) is 0 Å². The number of rotatable bonds is 3. The number of nitrogens with one attached hydrogen (secondary N) is 1. The van der Waals surface area contributed by atoms with Crippen LogP contribution in [0.25, 0.3) is 5.82 Å². The molecule has 1 aromatic carbocycles. The number of halogens is 3. The molecule has 0 saturated carbocycles. The molecule has 0 spiro atoms. The predicted octanol–water partition coefficient (Wildman–Crippen LogP) is 3.24. The Hall–Kier alpha value is -3.23. The third kappa shape index (κ3) is 3.65. The summed E-state index contributed by atoms with van der Waals surface area (Å²) in [5.41, 5.74) is -1.01. The largest absolute Gasteiger partial charge is 0.416 e. The highest BCUT2D eigenvalue weighted by Gasteiger charge is 2.30. The molecule has 0 aliphatic heterocycles. The summed E-state index contributed by atoms with van der Waals surface area (Å²) in [5, 5.41) is 2.47. The molecule has 0 saturated heterocycles. The number of aryl methyl sites for hydroxylation is 1. The van der Waals surface area contributed by atoms with Crippen molar-refractivity contribution in [2.75, 3.05) is 5.32 Å². The zero-order valence-corrected chi connectivity index (χ0v) is 12.9. The molecule has 128 valence electrons. The summed E-state index contributed by atoms with van der Waals surface area (Å²) in [6.07, 6.45) is 0.0161. The highest BCUT2D eigenvalue weighted by Crippen LogP contribution is 2.29. The molecular formula is C16H12F3N5O. The number of anilines is 1. The number of amides is 1. The molecule has 2 heterocycles. The van der Waals surface area contributed by atoms with Crippen LogP contribution in [-0.4, -0.2) is 25.4 Å². The molecule has 0 aliphatic rings. The summed E-state index contributed by atoms with van der Waals surface area (Å²) in [4.78, 5) is 24.3. The number of nitrogens with zero attached hydrogens (tertiary/aromatic N) is 4. The van der Waals surface area contributed by atoms with E-state index in [1.54, 1.807) is 23.9 Å². The second-order valence-corrected chi connectivity index (χ2v) is 5.14. The maximum atomic E-state index is 12.7. The molecule has 2 aromatic heterocycles. The summed E-state index contributed by atoms with van der Waals surface area (Å²) < 4.78 is 39.9. The lowest BCUT2D eigenvalue weighted by atomic mass is 10.1. The average molecular weight is 347 g/mol. The number of carbonyl (C=O) groups is 1. The smallest absolute Gasteiger partial charge is 0.306 e. The number of hydrogen-bond donors (Lipinski definition) is 1. The van der Waals surface area contributed by atoms with Crippen LogP contribution in [0.1, 0.15) is 21.7 Å². The van der Waals surface area contributed by atoms with Crippen molar-refractivity contribution in [2.24, 2.45) is 0 Å². The number of benzene rings is 1. The van der Waals surface area contributed by atoms with Crippen LogP contribution in [0, 0.1) is 6.92 Å². The SMILES string of the molecule is Cc1nccn1-c1cc(NC(=O)c2cccc(C(F)(F)F)c2)ncn1. The Bertz CT molecular complexity index is 920. The van der Waals surface area contributed by atoms with Crippen molar-refractivity contribution in [1.82, 2.24) is 19.5 Å². The van der Waals surface area contributed by atoms with Crippen LogP contribution in [0.3, 0.4) is 0 Å². The third-order valence-electron chi connectivity index (χ3n) is 3.42. The zero-order valence-electron chi connectivity index (χ0n) is 12.9. The van der Waals surface area contributed by atoms with Gasteiger partial charge in [-0.3, -0.25) is 9.36 Å². The number of alkyl halides is 3. The Morgan fingerprint density at radius 1 is 1.16 bits per heavy atom. The monoisotopic (exact) mass is 347 g/mol. The van der Waals surface area contributed by atoms with Crippen molar-refractivity contribution in [1.29, 1.82) is 0 Å². The molecule has 0 unspecified atom stereocenters. The minimum atomic E-state index is -4.52. The molecule has 0 bridgehead atoms. The topological polar surface area (TPSA) is 72.7 Å². The van der Waals surface area contributed by atoms with Crippen LogP contribution >= 0.6 is 0 Å². The maximum Gasteiger partial charge on any atom is 0.416 e. The van der Waals surface area contributed by atoms with Gasteiger partial charge in [0.2, 0.25) is 0 Å². The van der Waals surface area contributed by atoms with Crippen molar-refractivity contribution in [3.63, 3.8) is 0 Å². The molecule has 1 amide bonds. The van der Waals surface area contributed by atoms with Crippen LogP contribution < -0.4 is 5.32 Å². The van der Waals surface area contributed by atoms with E-state index in [1.807, 2.05) is 0 Å². The fourth-order valence-electron chi connectivity index (χ4n) is 2.19. The van der Waals surface area contributed by atoms with E-state index in [0.29, 0.717) is 11.6 Å². The summed E-state index contributed by atoms with van der Waals surface area (Å²) in [6.45, 7) is 1.78. The van der Waals surface area contributed by atoms with Gasteiger partial charge in [-0.2, -0.15) is 13.2 Å². The molecule has 3 rings (SSSR count). The van der Waals surface area contributed by atoms with Gasteiger partial charge in [0.1, 0.15) is 23.8 Å². The van der Waals surface area contributed by atoms with Crippen LogP contribution in [0.5, 0.6) is 0 Å². The maximum absolute atomic E-state index is 12.7. The molecule has 6 nitrogen and oxygen atoms in total. The van der Waals surface area contributed by atoms with Crippen molar-refractivity contribution >= 4 is 11.7 Å². The van der Waals surface area contributed by atoms with Crippen LogP contribution in [-0.2, 0) is 6.18 Å². The van der Waals surface area contributed by atoms with E-state index in [2.05, 4.69) is 20.3 Å². The summed E-state index contributed by atoms with van der Waals surface area (Å²) in [6, 6.07) is 5.67. The average Bonchev–Trinajstić information content (AvgIpc) is 3.00. The molecule has 0 fully saturated rings. The standard InChI is InChI=1S/C16H12F3N5O/c1-10-20-5-6-24(10)14-8-13(21-9-22-14)23-15(25)11-3-2-4-12(7-11)16(17,18)19/h2-9H,1H3,(H,21,22,23,25). The van der Waals surface area contributed by atoms with E-state index in [1.165, 1.54) is 24.5 Å². The van der Waals surface area contributed by atoms with Crippen LogP contribution in [0.4, 0.5) is 19.0 Å². The first-order chi connectivity index (χ1) is 11.8. The van der Waals surface area contributed by atoms with E-state index in [4.69, 9.17) is 0 Å². The van der Waals surface area contributed by atoms with E-state index in [-0.39, 0.29) is 11.4 Å². The van der Waals surface area contributed by atoms with E-state index in [9.17, 15) is 18.0 Å². The van der Waals surface area contributed by atoms with Crippen molar-refractivity contribution in [3.8, 4) is 5.82 Å².